The van der Waals surface area contributed by atoms with Crippen LogP contribution in [0.4, 0.5) is 0 Å². The van der Waals surface area contributed by atoms with Crippen molar-refractivity contribution in [1.29, 1.82) is 0 Å². The van der Waals surface area contributed by atoms with E-state index in [0.717, 1.165) is 10.9 Å². The number of benzene rings is 1. The third kappa shape index (κ3) is 8.75. The van der Waals surface area contributed by atoms with Gasteiger partial charge in [0.15, 0.2) is 6.04 Å². The molecular formula is C24H34N6O7S. The number of aliphatic hydroxyl groups is 1. The van der Waals surface area contributed by atoms with Crippen molar-refractivity contribution in [2.75, 3.05) is 12.0 Å². The van der Waals surface area contributed by atoms with Crippen LogP contribution in [0.3, 0.4) is 0 Å². The Morgan fingerprint density at radius 3 is 2.26 bits per heavy atom. The van der Waals surface area contributed by atoms with E-state index in [0.29, 0.717) is 11.3 Å². The lowest BCUT2D eigenvalue weighted by atomic mass is 10.0. The first-order valence-corrected chi connectivity index (χ1v) is 13.2. The van der Waals surface area contributed by atoms with Crippen molar-refractivity contribution >= 4 is 52.3 Å². The van der Waals surface area contributed by atoms with Gasteiger partial charge in [0, 0.05) is 23.5 Å². The number of para-hydroxylation sites is 1. The SMILES string of the molecule is CSCCC(NC(=O)C(Cc1c[nH]c2ccccc12)NC(=O)C(N)CC(N)=O)C(=O)NC(C(=O)O)C(C)O. The average Bonchev–Trinajstić information content (AvgIpc) is 3.26. The maximum absolute atomic E-state index is 13.4. The molecule has 0 saturated carbocycles. The number of aliphatic hydroxyl groups excluding tert-OH is 1. The number of carbonyl (C=O) groups excluding carboxylic acids is 4. The number of carbonyl (C=O) groups is 5. The smallest absolute Gasteiger partial charge is 0.328 e. The quantitative estimate of drug-likeness (QED) is 0.130. The summed E-state index contributed by atoms with van der Waals surface area (Å²) >= 11 is 1.41. The number of amides is 4. The normalized spacial score (nSPS) is 15.1. The van der Waals surface area contributed by atoms with Crippen LogP contribution in [0.2, 0.25) is 0 Å². The third-order valence-electron chi connectivity index (χ3n) is 5.78. The van der Waals surface area contributed by atoms with E-state index < -0.39 is 66.3 Å². The number of nitrogens with two attached hydrogens (primary N) is 2. The first-order valence-electron chi connectivity index (χ1n) is 11.8. The van der Waals surface area contributed by atoms with Crippen LogP contribution in [0.1, 0.15) is 25.3 Å². The summed E-state index contributed by atoms with van der Waals surface area (Å²) in [6.07, 6.45) is 1.86. The molecule has 1 aromatic heterocycles. The molecule has 208 valence electrons. The fraction of sp³-hybridized carbons (Fsp3) is 0.458. The van der Waals surface area contributed by atoms with Crippen LogP contribution < -0.4 is 27.4 Å². The van der Waals surface area contributed by atoms with E-state index in [9.17, 15) is 34.2 Å². The number of fused-ring (bicyclic) bond motifs is 1. The Labute approximate surface area is 223 Å². The molecular weight excluding hydrogens is 516 g/mol. The molecule has 0 aliphatic rings. The Morgan fingerprint density at radius 1 is 1.03 bits per heavy atom. The minimum atomic E-state index is -1.58. The van der Waals surface area contributed by atoms with Crippen molar-refractivity contribution in [3.05, 3.63) is 36.0 Å². The summed E-state index contributed by atoms with van der Waals surface area (Å²) in [7, 11) is 0. The van der Waals surface area contributed by atoms with Gasteiger partial charge in [0.1, 0.15) is 12.1 Å². The molecule has 2 rings (SSSR count). The van der Waals surface area contributed by atoms with Crippen LogP contribution in [0.15, 0.2) is 30.5 Å². The number of aliphatic carboxylic acids is 1. The van der Waals surface area contributed by atoms with Gasteiger partial charge in [0.25, 0.3) is 0 Å². The van der Waals surface area contributed by atoms with Crippen LogP contribution in [0.5, 0.6) is 0 Å². The van der Waals surface area contributed by atoms with E-state index in [1.165, 1.54) is 18.7 Å². The van der Waals surface area contributed by atoms with Crippen molar-refractivity contribution in [3.63, 3.8) is 0 Å². The van der Waals surface area contributed by atoms with Gasteiger partial charge in [0.2, 0.25) is 23.6 Å². The number of carboxylic acid groups (broad SMARTS) is 1. The number of primary amides is 1. The van der Waals surface area contributed by atoms with Gasteiger partial charge in [-0.3, -0.25) is 19.2 Å². The van der Waals surface area contributed by atoms with Gasteiger partial charge in [-0.05, 0) is 37.0 Å². The predicted octanol–water partition coefficient (Wildman–Crippen LogP) is -1.41. The number of hydrogen-bond acceptors (Lipinski definition) is 8. The molecule has 5 unspecified atom stereocenters. The van der Waals surface area contributed by atoms with Gasteiger partial charge in [-0.2, -0.15) is 11.8 Å². The van der Waals surface area contributed by atoms with Crippen molar-refractivity contribution in [1.82, 2.24) is 20.9 Å². The van der Waals surface area contributed by atoms with Gasteiger partial charge >= 0.3 is 5.97 Å². The zero-order valence-electron chi connectivity index (χ0n) is 21.1. The highest BCUT2D eigenvalue weighted by molar-refractivity contribution is 7.98. The predicted molar refractivity (Wildman–Crippen MR) is 142 cm³/mol. The van der Waals surface area contributed by atoms with Crippen molar-refractivity contribution in [2.24, 2.45) is 11.5 Å². The van der Waals surface area contributed by atoms with E-state index in [1.807, 2.05) is 24.3 Å². The fourth-order valence-electron chi connectivity index (χ4n) is 3.74. The Bertz CT molecular complexity index is 1150. The monoisotopic (exact) mass is 550 g/mol. The molecule has 0 aliphatic heterocycles. The number of aromatic amines is 1. The summed E-state index contributed by atoms with van der Waals surface area (Å²) in [5.41, 5.74) is 12.4. The van der Waals surface area contributed by atoms with Crippen LogP contribution in [0.25, 0.3) is 10.9 Å². The molecule has 1 aromatic carbocycles. The minimum absolute atomic E-state index is 0.0210. The highest BCUT2D eigenvalue weighted by Crippen LogP contribution is 2.19. The van der Waals surface area contributed by atoms with E-state index in [-0.39, 0.29) is 12.8 Å². The molecule has 4 amide bonds. The Morgan fingerprint density at radius 2 is 1.66 bits per heavy atom. The van der Waals surface area contributed by atoms with Gasteiger partial charge in [-0.25, -0.2) is 4.79 Å². The molecule has 0 spiro atoms. The zero-order chi connectivity index (χ0) is 28.4. The molecule has 0 saturated heterocycles. The van der Waals surface area contributed by atoms with Gasteiger partial charge in [0.05, 0.1) is 18.6 Å². The summed E-state index contributed by atoms with van der Waals surface area (Å²) in [5.74, 6) is -4.08. The maximum Gasteiger partial charge on any atom is 0.328 e. The van der Waals surface area contributed by atoms with Crippen LogP contribution in [-0.2, 0) is 30.4 Å². The maximum atomic E-state index is 13.4. The van der Waals surface area contributed by atoms with Crippen molar-refractivity contribution < 1.29 is 34.2 Å². The van der Waals surface area contributed by atoms with Gasteiger partial charge in [-0.1, -0.05) is 18.2 Å². The van der Waals surface area contributed by atoms with E-state index in [2.05, 4.69) is 20.9 Å². The molecule has 0 fully saturated rings. The number of rotatable bonds is 15. The Hall–Kier alpha value is -3.62. The number of carboxylic acids is 1. The van der Waals surface area contributed by atoms with E-state index >= 15 is 0 Å². The molecule has 0 radical (unpaired) electrons. The number of H-pyrrole nitrogens is 1. The second-order valence-electron chi connectivity index (χ2n) is 8.81. The van der Waals surface area contributed by atoms with E-state index in [4.69, 9.17) is 11.5 Å². The molecule has 14 heteroatoms. The number of aromatic nitrogens is 1. The summed E-state index contributed by atoms with van der Waals surface area (Å²) in [5, 5.41) is 27.2. The summed E-state index contributed by atoms with van der Waals surface area (Å²) in [6.45, 7) is 1.22. The molecule has 0 aliphatic carbocycles. The van der Waals surface area contributed by atoms with Crippen LogP contribution in [0, 0.1) is 0 Å². The van der Waals surface area contributed by atoms with Crippen molar-refractivity contribution in [2.45, 2.75) is 56.5 Å². The lowest BCUT2D eigenvalue weighted by Gasteiger charge is -2.25. The molecule has 5 atom stereocenters. The lowest BCUT2D eigenvalue weighted by Crippen LogP contribution is -2.59. The highest BCUT2D eigenvalue weighted by atomic mass is 32.2. The Kier molecular flexibility index (Phi) is 11.6. The summed E-state index contributed by atoms with van der Waals surface area (Å²) < 4.78 is 0. The molecule has 2 aromatic rings. The molecule has 10 N–H and O–H groups in total. The molecule has 13 nitrogen and oxygen atoms in total. The molecule has 0 bridgehead atoms. The first-order chi connectivity index (χ1) is 17.9. The number of hydrogen-bond donors (Lipinski definition) is 8. The lowest BCUT2D eigenvalue weighted by molar-refractivity contribution is -0.145. The number of thioether (sulfide) groups is 1. The van der Waals surface area contributed by atoms with Gasteiger partial charge in [-0.15, -0.1) is 0 Å². The summed E-state index contributed by atoms with van der Waals surface area (Å²) in [6, 6.07) is 2.12. The third-order valence-corrected chi connectivity index (χ3v) is 6.42. The largest absolute Gasteiger partial charge is 0.480 e. The Balaban J connectivity index is 2.30. The average molecular weight is 551 g/mol. The second-order valence-corrected chi connectivity index (χ2v) is 9.80. The standard InChI is InChI=1S/C24H34N6O7S/c1-12(31)20(24(36)37)30-22(34)17(7-8-38-2)28-23(35)18(29-21(33)15(25)10-19(26)32)9-13-11-27-16-6-4-3-5-14(13)16/h3-6,11-12,15,17-18,20,27,31H,7-10,25H2,1-2H3,(H2,26,32)(H,28,35)(H,29,33)(H,30,34)(H,36,37). The van der Waals surface area contributed by atoms with E-state index in [1.54, 1.807) is 12.5 Å². The summed E-state index contributed by atoms with van der Waals surface area (Å²) in [4.78, 5) is 64.7. The van der Waals surface area contributed by atoms with Crippen LogP contribution >= 0.6 is 11.8 Å². The van der Waals surface area contributed by atoms with Gasteiger partial charge < -0.3 is 42.6 Å². The topological polar surface area (TPSA) is 230 Å². The second kappa shape index (κ2) is 14.4. The molecule has 38 heavy (non-hydrogen) atoms. The first kappa shape index (κ1) is 30.6. The fourth-order valence-corrected chi connectivity index (χ4v) is 4.21. The zero-order valence-corrected chi connectivity index (χ0v) is 21.9. The number of nitrogens with one attached hydrogen (secondary N) is 4. The molecule has 1 heterocycles. The minimum Gasteiger partial charge on any atom is -0.480 e. The highest BCUT2D eigenvalue weighted by Gasteiger charge is 2.32. The van der Waals surface area contributed by atoms with Crippen LogP contribution in [-0.4, -0.2) is 87.1 Å². The van der Waals surface area contributed by atoms with Crippen molar-refractivity contribution in [3.8, 4) is 0 Å².